The van der Waals surface area contributed by atoms with Crippen LogP contribution in [0.15, 0.2) is 28.8 Å². The van der Waals surface area contributed by atoms with E-state index < -0.39 is 0 Å². The number of nitrogens with zero attached hydrogens (tertiary/aromatic N) is 6. The largest absolute Gasteiger partial charge is 0.495 e. The number of fused-ring (bicyclic) bond motifs is 1. The Labute approximate surface area is 252 Å². The normalized spacial score (nSPS) is 22.6. The number of nitrogens with one attached hydrogen (secondary N) is 2. The number of carbonyl (C=O) groups excluding carboxylic acids is 1. The molecule has 2 saturated carbocycles. The zero-order valence-corrected chi connectivity index (χ0v) is 25.4. The lowest BCUT2D eigenvalue weighted by Gasteiger charge is -2.43. The van der Waals surface area contributed by atoms with E-state index in [9.17, 15) is 4.79 Å². The average molecular weight is 590 g/mol. The number of nitrogens with two attached hydrogens (primary N) is 1. The van der Waals surface area contributed by atoms with E-state index in [0.29, 0.717) is 53.7 Å². The summed E-state index contributed by atoms with van der Waals surface area (Å²) in [6.45, 7) is 3.51. The Bertz CT molecular complexity index is 1420. The number of likely N-dealkylation sites (N-methyl/N-ethyl adjacent to an activating group) is 1. The van der Waals surface area contributed by atoms with Gasteiger partial charge in [-0.1, -0.05) is 19.8 Å². The summed E-state index contributed by atoms with van der Waals surface area (Å²) in [4.78, 5) is 26.6. The van der Waals surface area contributed by atoms with Crippen LogP contribution in [0, 0.1) is 5.92 Å². The van der Waals surface area contributed by atoms with Crippen molar-refractivity contribution in [1.29, 1.82) is 0 Å². The Kier molecular flexibility index (Phi) is 8.75. The highest BCUT2D eigenvalue weighted by atomic mass is 16.5. The standard InChI is InChI=1S/C31H43N9O3/c1-4-24-30(41)39(2)25-17-34-31(36-28(25)40(24)22-7-5-6-8-22)35-23-14-11-20(15-26(23)42-3)29-38-37-27(43-29)18-33-16-19-9-12-21(32)13-10-19/h11,14-15,17,19,21-22,24,33H,4-10,12-13,16,18,32H2,1-3H3,(H,34,35,36)/t19?,21?,24-/m1/s1. The fourth-order valence-electron chi connectivity index (χ4n) is 6.71. The molecule has 2 aromatic heterocycles. The summed E-state index contributed by atoms with van der Waals surface area (Å²) in [6.07, 6.45) is 11.5. The molecule has 0 saturated heterocycles. The van der Waals surface area contributed by atoms with E-state index >= 15 is 0 Å². The van der Waals surface area contributed by atoms with Crippen LogP contribution in [0.4, 0.5) is 23.1 Å². The van der Waals surface area contributed by atoms with Gasteiger partial charge in [-0.05, 0) is 75.6 Å². The lowest BCUT2D eigenvalue weighted by molar-refractivity contribution is -0.120. The predicted molar refractivity (Wildman–Crippen MR) is 165 cm³/mol. The van der Waals surface area contributed by atoms with Crippen molar-refractivity contribution < 1.29 is 13.9 Å². The number of hydrogen-bond acceptors (Lipinski definition) is 11. The number of methoxy groups -OCH3 is 1. The van der Waals surface area contributed by atoms with Crippen molar-refractivity contribution in [2.24, 2.45) is 11.7 Å². The molecule has 0 spiro atoms. The summed E-state index contributed by atoms with van der Waals surface area (Å²) >= 11 is 0. The third-order valence-corrected chi connectivity index (χ3v) is 9.17. The number of hydrogen-bond donors (Lipinski definition) is 3. The van der Waals surface area contributed by atoms with Crippen molar-refractivity contribution in [1.82, 2.24) is 25.5 Å². The topological polar surface area (TPSA) is 148 Å². The van der Waals surface area contributed by atoms with Gasteiger partial charge in [-0.2, -0.15) is 4.98 Å². The Morgan fingerprint density at radius 2 is 1.91 bits per heavy atom. The molecule has 1 aromatic carbocycles. The third kappa shape index (κ3) is 6.16. The van der Waals surface area contributed by atoms with Crippen LogP contribution in [0.5, 0.6) is 5.75 Å². The van der Waals surface area contributed by atoms with E-state index in [4.69, 9.17) is 19.9 Å². The quantitative estimate of drug-likeness (QED) is 0.309. The number of rotatable bonds is 10. The molecule has 0 unspecified atom stereocenters. The molecule has 12 heteroatoms. The number of ether oxygens (including phenoxy) is 1. The summed E-state index contributed by atoms with van der Waals surface area (Å²) < 4.78 is 11.7. The van der Waals surface area contributed by atoms with Gasteiger partial charge >= 0.3 is 0 Å². The van der Waals surface area contributed by atoms with Crippen LogP contribution in [-0.4, -0.2) is 64.9 Å². The monoisotopic (exact) mass is 589 g/mol. The summed E-state index contributed by atoms with van der Waals surface area (Å²) in [5, 5.41) is 15.3. The van der Waals surface area contributed by atoms with E-state index in [1.165, 1.54) is 12.8 Å². The van der Waals surface area contributed by atoms with Crippen molar-refractivity contribution in [2.45, 2.75) is 89.4 Å². The van der Waals surface area contributed by atoms with Crippen molar-refractivity contribution >= 4 is 29.0 Å². The molecule has 3 heterocycles. The number of benzene rings is 1. The number of anilines is 4. The molecule has 3 aliphatic rings. The van der Waals surface area contributed by atoms with E-state index in [1.54, 1.807) is 25.3 Å². The minimum atomic E-state index is -0.224. The van der Waals surface area contributed by atoms with Gasteiger partial charge in [0.1, 0.15) is 17.5 Å². The Balaban J connectivity index is 1.16. The second kappa shape index (κ2) is 12.8. The number of aromatic nitrogens is 4. The smallest absolute Gasteiger partial charge is 0.249 e. The molecule has 12 nitrogen and oxygen atoms in total. The summed E-state index contributed by atoms with van der Waals surface area (Å²) in [5.41, 5.74) is 8.23. The lowest BCUT2D eigenvalue weighted by Crippen LogP contribution is -2.55. The Morgan fingerprint density at radius 3 is 2.65 bits per heavy atom. The maximum Gasteiger partial charge on any atom is 0.249 e. The fourth-order valence-corrected chi connectivity index (χ4v) is 6.71. The second-order valence-electron chi connectivity index (χ2n) is 12.0. The predicted octanol–water partition coefficient (Wildman–Crippen LogP) is 4.39. The molecule has 1 aliphatic heterocycles. The van der Waals surface area contributed by atoms with Gasteiger partial charge in [0.2, 0.25) is 23.6 Å². The number of carbonyl (C=O) groups is 1. The van der Waals surface area contributed by atoms with Gasteiger partial charge in [-0.15, -0.1) is 10.2 Å². The van der Waals surface area contributed by atoms with E-state index in [1.807, 2.05) is 18.2 Å². The zero-order chi connectivity index (χ0) is 29.9. The van der Waals surface area contributed by atoms with Crippen molar-refractivity contribution in [2.75, 3.05) is 35.8 Å². The van der Waals surface area contributed by atoms with Gasteiger partial charge in [0.15, 0.2) is 5.82 Å². The van der Waals surface area contributed by atoms with Gasteiger partial charge in [-0.3, -0.25) is 4.79 Å². The molecule has 0 radical (unpaired) electrons. The average Bonchev–Trinajstić information content (AvgIpc) is 3.73. The summed E-state index contributed by atoms with van der Waals surface area (Å²) in [7, 11) is 3.42. The first-order valence-corrected chi connectivity index (χ1v) is 15.6. The minimum Gasteiger partial charge on any atom is -0.495 e. The van der Waals surface area contributed by atoms with Gasteiger partial charge in [-0.25, -0.2) is 4.98 Å². The van der Waals surface area contributed by atoms with Crippen molar-refractivity contribution in [3.05, 3.63) is 30.3 Å². The summed E-state index contributed by atoms with van der Waals surface area (Å²) in [6, 6.07) is 6.10. The zero-order valence-electron chi connectivity index (χ0n) is 25.4. The van der Waals surface area contributed by atoms with E-state index in [-0.39, 0.29) is 11.9 Å². The molecule has 6 rings (SSSR count). The van der Waals surface area contributed by atoms with E-state index in [0.717, 1.165) is 68.6 Å². The molecule has 1 atom stereocenters. The number of amides is 1. The SMILES string of the molecule is CC[C@@H]1C(=O)N(C)c2cnc(Nc3ccc(-c4nnc(CNCC5CCC(N)CC5)o4)cc3OC)nc2N1C1CCCC1. The summed E-state index contributed by atoms with van der Waals surface area (Å²) in [5.74, 6) is 3.56. The lowest BCUT2D eigenvalue weighted by atomic mass is 9.86. The molecule has 0 bridgehead atoms. The molecular weight excluding hydrogens is 546 g/mol. The fraction of sp³-hybridized carbons (Fsp3) is 0.581. The van der Waals surface area contributed by atoms with Gasteiger partial charge in [0.25, 0.3) is 0 Å². The first-order valence-electron chi connectivity index (χ1n) is 15.6. The van der Waals surface area contributed by atoms with Crippen LogP contribution in [0.3, 0.4) is 0 Å². The van der Waals surface area contributed by atoms with Crippen molar-refractivity contribution in [3.63, 3.8) is 0 Å². The van der Waals surface area contributed by atoms with Crippen LogP contribution in [-0.2, 0) is 11.3 Å². The Hall–Kier alpha value is -3.77. The van der Waals surface area contributed by atoms with E-state index in [2.05, 4.69) is 37.6 Å². The molecular formula is C31H43N9O3. The molecule has 2 fully saturated rings. The maximum absolute atomic E-state index is 13.2. The van der Waals surface area contributed by atoms with Crippen LogP contribution >= 0.6 is 0 Å². The second-order valence-corrected chi connectivity index (χ2v) is 12.0. The molecule has 3 aromatic rings. The van der Waals surface area contributed by atoms with Crippen LogP contribution < -0.4 is 30.9 Å². The third-order valence-electron chi connectivity index (χ3n) is 9.17. The molecule has 230 valence electrons. The first-order chi connectivity index (χ1) is 20.9. The molecule has 1 amide bonds. The molecule has 43 heavy (non-hydrogen) atoms. The maximum atomic E-state index is 13.2. The van der Waals surface area contributed by atoms with Gasteiger partial charge < -0.3 is 35.3 Å². The van der Waals surface area contributed by atoms with Crippen molar-refractivity contribution in [3.8, 4) is 17.2 Å². The minimum absolute atomic E-state index is 0.0952. The van der Waals surface area contributed by atoms with Crippen LogP contribution in [0.1, 0.15) is 70.6 Å². The molecule has 4 N–H and O–H groups in total. The highest BCUT2D eigenvalue weighted by Gasteiger charge is 2.41. The Morgan fingerprint density at radius 1 is 1.12 bits per heavy atom. The van der Waals surface area contributed by atoms with Crippen LogP contribution in [0.2, 0.25) is 0 Å². The molecule has 2 aliphatic carbocycles. The van der Waals surface area contributed by atoms with Gasteiger partial charge in [0.05, 0.1) is 25.5 Å². The first kappa shape index (κ1) is 29.3. The highest BCUT2D eigenvalue weighted by molar-refractivity contribution is 6.04. The highest BCUT2D eigenvalue weighted by Crippen LogP contribution is 2.40. The van der Waals surface area contributed by atoms with Gasteiger partial charge in [0, 0.05) is 24.7 Å². The van der Waals surface area contributed by atoms with Crippen LogP contribution in [0.25, 0.3) is 11.5 Å².